The normalized spacial score (nSPS) is 16.2. The molecule has 1 aromatic rings. The number of carbonyl (C=O) groups excluding carboxylic acids is 1. The maximum atomic E-state index is 12.1. The van der Waals surface area contributed by atoms with E-state index in [0.29, 0.717) is 12.4 Å². The number of aryl methyl sites for hydroxylation is 1. The average molecular weight is 373 g/mol. The lowest BCUT2D eigenvalue weighted by molar-refractivity contribution is -0.122. The number of rotatable bonds is 4. The largest absolute Gasteiger partial charge is 0.350 e. The van der Waals surface area contributed by atoms with Crippen molar-refractivity contribution in [1.82, 2.24) is 15.2 Å². The Morgan fingerprint density at radius 1 is 1.30 bits per heavy atom. The fourth-order valence-corrected chi connectivity index (χ4v) is 2.62. The molecule has 0 spiro atoms. The van der Waals surface area contributed by atoms with Crippen LogP contribution in [0.2, 0.25) is 0 Å². The minimum Gasteiger partial charge on any atom is -0.350 e. The molecule has 1 aromatic carbocycles. The van der Waals surface area contributed by atoms with Gasteiger partial charge in [0.05, 0.1) is 0 Å². The van der Waals surface area contributed by atoms with Crippen molar-refractivity contribution >= 4 is 27.7 Å². The Balaban J connectivity index is 1.56. The van der Waals surface area contributed by atoms with Crippen molar-refractivity contribution in [3.8, 4) is 0 Å². The molecule has 1 amide bonds. The first kappa shape index (κ1) is 15.6. The van der Waals surface area contributed by atoms with Crippen LogP contribution in [0.4, 0.5) is 0 Å². The number of allylic oxidation sites excluding steroid dienone is 2. The summed E-state index contributed by atoms with van der Waals surface area (Å²) in [7, 11) is 0. The third-order valence-electron chi connectivity index (χ3n) is 3.59. The molecular formula is C17H17BrN4O. The lowest BCUT2D eigenvalue weighted by atomic mass is 10.1. The number of amides is 1. The van der Waals surface area contributed by atoms with Gasteiger partial charge in [0.15, 0.2) is 5.84 Å². The van der Waals surface area contributed by atoms with E-state index in [1.165, 1.54) is 5.56 Å². The highest BCUT2D eigenvalue weighted by molar-refractivity contribution is 9.11. The SMILES string of the molecule is C=C1N(CC(=O)NCc2ccc(C)cc2)N=C2C=CC(Br)=CN12. The molecule has 0 aromatic heterocycles. The van der Waals surface area contributed by atoms with Gasteiger partial charge < -0.3 is 5.32 Å². The van der Waals surface area contributed by atoms with E-state index in [9.17, 15) is 4.79 Å². The molecule has 6 heteroatoms. The van der Waals surface area contributed by atoms with Gasteiger partial charge in [-0.15, -0.1) is 0 Å². The summed E-state index contributed by atoms with van der Waals surface area (Å²) in [6.07, 6.45) is 5.66. The molecule has 0 unspecified atom stereocenters. The first-order chi connectivity index (χ1) is 11.0. The molecule has 0 atom stereocenters. The summed E-state index contributed by atoms with van der Waals surface area (Å²) in [5.74, 6) is 1.32. The standard InChI is InChI=1S/C17H17BrN4O/c1-12-3-5-14(6-4-12)9-19-17(23)11-22-13(2)21-10-15(18)7-8-16(21)20-22/h3-8,10H,2,9,11H2,1H3,(H,19,23). The van der Waals surface area contributed by atoms with E-state index < -0.39 is 0 Å². The molecule has 118 valence electrons. The Labute approximate surface area is 143 Å². The number of amidine groups is 1. The number of carbonyl (C=O) groups is 1. The summed E-state index contributed by atoms with van der Waals surface area (Å²) in [5, 5.41) is 8.90. The lowest BCUT2D eigenvalue weighted by Crippen LogP contribution is -2.34. The Morgan fingerprint density at radius 3 is 2.78 bits per heavy atom. The molecule has 2 heterocycles. The van der Waals surface area contributed by atoms with Crippen molar-refractivity contribution in [2.45, 2.75) is 13.5 Å². The molecule has 0 saturated carbocycles. The highest BCUT2D eigenvalue weighted by Crippen LogP contribution is 2.25. The number of nitrogens with zero attached hydrogens (tertiary/aromatic N) is 3. The van der Waals surface area contributed by atoms with E-state index in [4.69, 9.17) is 0 Å². The molecule has 23 heavy (non-hydrogen) atoms. The van der Waals surface area contributed by atoms with Crippen LogP contribution >= 0.6 is 15.9 Å². The molecule has 3 rings (SSSR count). The monoisotopic (exact) mass is 372 g/mol. The first-order valence-electron chi connectivity index (χ1n) is 7.25. The number of halogens is 1. The summed E-state index contributed by atoms with van der Waals surface area (Å²) in [5.41, 5.74) is 2.27. The van der Waals surface area contributed by atoms with Crippen molar-refractivity contribution in [1.29, 1.82) is 0 Å². The highest BCUT2D eigenvalue weighted by Gasteiger charge is 2.27. The summed E-state index contributed by atoms with van der Waals surface area (Å²) in [4.78, 5) is 14.0. The van der Waals surface area contributed by atoms with Crippen LogP contribution in [0.15, 0.2) is 64.6 Å². The zero-order valence-electron chi connectivity index (χ0n) is 12.8. The summed E-state index contributed by atoms with van der Waals surface area (Å²) >= 11 is 3.42. The van der Waals surface area contributed by atoms with E-state index in [2.05, 4.69) is 32.9 Å². The molecule has 0 radical (unpaired) electrons. The topological polar surface area (TPSA) is 47.9 Å². The predicted octanol–water partition coefficient (Wildman–Crippen LogP) is 2.82. The molecule has 0 bridgehead atoms. The van der Waals surface area contributed by atoms with Crippen LogP contribution in [0, 0.1) is 6.92 Å². The van der Waals surface area contributed by atoms with Gasteiger partial charge in [-0.05, 0) is 40.6 Å². The Morgan fingerprint density at radius 2 is 2.04 bits per heavy atom. The molecule has 0 saturated heterocycles. The summed E-state index contributed by atoms with van der Waals surface area (Å²) in [6.45, 7) is 6.68. The van der Waals surface area contributed by atoms with Crippen LogP contribution in [0.5, 0.6) is 0 Å². The van der Waals surface area contributed by atoms with Crippen LogP contribution < -0.4 is 5.32 Å². The third kappa shape index (κ3) is 3.53. The number of hydrogen-bond acceptors (Lipinski definition) is 4. The van der Waals surface area contributed by atoms with Crippen molar-refractivity contribution in [2.24, 2.45) is 5.10 Å². The molecular weight excluding hydrogens is 356 g/mol. The van der Waals surface area contributed by atoms with Gasteiger partial charge in [0.25, 0.3) is 0 Å². The Kier molecular flexibility index (Phi) is 4.34. The zero-order chi connectivity index (χ0) is 16.4. The van der Waals surface area contributed by atoms with Gasteiger partial charge >= 0.3 is 0 Å². The van der Waals surface area contributed by atoms with Crippen molar-refractivity contribution in [3.05, 3.63) is 70.6 Å². The molecule has 2 aliphatic heterocycles. The number of nitrogens with one attached hydrogen (secondary N) is 1. The predicted molar refractivity (Wildman–Crippen MR) is 94.3 cm³/mol. The van der Waals surface area contributed by atoms with Crippen molar-refractivity contribution in [2.75, 3.05) is 6.54 Å². The maximum Gasteiger partial charge on any atom is 0.242 e. The minimum absolute atomic E-state index is 0.0945. The highest BCUT2D eigenvalue weighted by atomic mass is 79.9. The average Bonchev–Trinajstić information content (AvgIpc) is 2.83. The van der Waals surface area contributed by atoms with Crippen molar-refractivity contribution < 1.29 is 4.79 Å². The van der Waals surface area contributed by atoms with Gasteiger partial charge in [0.2, 0.25) is 5.91 Å². The smallest absolute Gasteiger partial charge is 0.242 e. The van der Waals surface area contributed by atoms with Gasteiger partial charge in [0, 0.05) is 17.2 Å². The van der Waals surface area contributed by atoms with Crippen LogP contribution in [-0.2, 0) is 11.3 Å². The second-order valence-corrected chi connectivity index (χ2v) is 6.33. The number of benzene rings is 1. The molecule has 1 N–H and O–H groups in total. The van der Waals surface area contributed by atoms with E-state index in [1.807, 2.05) is 54.4 Å². The quantitative estimate of drug-likeness (QED) is 0.883. The van der Waals surface area contributed by atoms with Gasteiger partial charge in [-0.3, -0.25) is 9.69 Å². The molecule has 2 aliphatic rings. The fraction of sp³-hybridized carbons (Fsp3) is 0.176. The molecule has 0 fully saturated rings. The van der Waals surface area contributed by atoms with E-state index >= 15 is 0 Å². The Bertz CT molecular complexity index is 733. The van der Waals surface area contributed by atoms with Gasteiger partial charge in [-0.1, -0.05) is 36.4 Å². The summed E-state index contributed by atoms with van der Waals surface area (Å²) in [6, 6.07) is 8.09. The van der Waals surface area contributed by atoms with Gasteiger partial charge in [-0.2, -0.15) is 5.10 Å². The number of hydrazone groups is 1. The third-order valence-corrected chi connectivity index (χ3v) is 4.06. The van der Waals surface area contributed by atoms with Gasteiger partial charge in [0.1, 0.15) is 12.4 Å². The number of hydrogen-bond donors (Lipinski definition) is 1. The van der Waals surface area contributed by atoms with E-state index in [1.54, 1.807) is 5.01 Å². The summed E-state index contributed by atoms with van der Waals surface area (Å²) < 4.78 is 0.934. The van der Waals surface area contributed by atoms with E-state index in [0.717, 1.165) is 15.9 Å². The lowest BCUT2D eigenvalue weighted by Gasteiger charge is -2.20. The maximum absolute atomic E-state index is 12.1. The van der Waals surface area contributed by atoms with Crippen molar-refractivity contribution in [3.63, 3.8) is 0 Å². The fourth-order valence-electron chi connectivity index (χ4n) is 2.29. The second kappa shape index (κ2) is 6.42. The van der Waals surface area contributed by atoms with E-state index in [-0.39, 0.29) is 12.5 Å². The second-order valence-electron chi connectivity index (χ2n) is 5.41. The van der Waals surface area contributed by atoms with Crippen LogP contribution in [0.1, 0.15) is 11.1 Å². The zero-order valence-corrected chi connectivity index (χ0v) is 14.4. The Hall–Kier alpha value is -2.34. The van der Waals surface area contributed by atoms with Crippen LogP contribution in [0.3, 0.4) is 0 Å². The first-order valence-corrected chi connectivity index (χ1v) is 8.04. The minimum atomic E-state index is -0.0945. The van der Waals surface area contributed by atoms with Crippen LogP contribution in [-0.4, -0.2) is 28.2 Å². The van der Waals surface area contributed by atoms with Gasteiger partial charge in [-0.25, -0.2) is 5.01 Å². The number of fused-ring (bicyclic) bond motifs is 1. The van der Waals surface area contributed by atoms with Crippen LogP contribution in [0.25, 0.3) is 0 Å². The molecule has 5 nitrogen and oxygen atoms in total. The molecule has 0 aliphatic carbocycles.